The molecule has 2 saturated heterocycles. The summed E-state index contributed by atoms with van der Waals surface area (Å²) in [6, 6.07) is 2.78. The summed E-state index contributed by atoms with van der Waals surface area (Å²) in [6.45, 7) is 0.454. The zero-order valence-corrected chi connectivity index (χ0v) is 16.6. The van der Waals surface area contributed by atoms with Gasteiger partial charge in [-0.05, 0) is 30.9 Å². The Balaban J connectivity index is 0.000000216. The highest BCUT2D eigenvalue weighted by atomic mass is 19.3. The van der Waals surface area contributed by atoms with E-state index in [1.165, 1.54) is 17.0 Å². The summed E-state index contributed by atoms with van der Waals surface area (Å²) in [6.07, 6.45) is 2.41. The summed E-state index contributed by atoms with van der Waals surface area (Å²) < 4.78 is 36.2. The normalized spacial score (nSPS) is 20.7. The standard InChI is InChI=1S/C13H14F2N2O3.C6H11N2O2/c14-13(15)6-17(7-13)10-4-3-9(12(18)19)16-11(10)20-5-8-1-2-8;1-8-5(9)2-6(7)3-10-4-6/h3-4,8H,1-2,5-7H2,(H,18,19);7H,2-4H2,1H3,(H,8,9)/q;-1. The van der Waals surface area contributed by atoms with Crippen LogP contribution in [0, 0.1) is 5.92 Å². The maximum absolute atomic E-state index is 12.9. The monoisotopic (exact) mass is 427 g/mol. The van der Waals surface area contributed by atoms with E-state index in [0.29, 0.717) is 31.4 Å². The lowest BCUT2D eigenvalue weighted by molar-refractivity contribution is -0.125. The zero-order chi connectivity index (χ0) is 21.9. The molecule has 0 spiro atoms. The Morgan fingerprint density at radius 3 is 2.50 bits per heavy atom. The first-order valence-electron chi connectivity index (χ1n) is 9.64. The summed E-state index contributed by atoms with van der Waals surface area (Å²) in [4.78, 5) is 27.0. The molecule has 4 rings (SSSR count). The fraction of sp³-hybridized carbons (Fsp3) is 0.632. The lowest BCUT2D eigenvalue weighted by Crippen LogP contribution is -2.56. The first kappa shape index (κ1) is 22.2. The van der Waals surface area contributed by atoms with E-state index in [1.54, 1.807) is 7.05 Å². The number of nitrogens with zero attached hydrogens (tertiary/aromatic N) is 2. The minimum Gasteiger partial charge on any atom is -0.668 e. The van der Waals surface area contributed by atoms with E-state index in [1.807, 2.05) is 0 Å². The molecule has 1 aromatic heterocycles. The van der Waals surface area contributed by atoms with Crippen LogP contribution in [0.5, 0.6) is 5.88 Å². The Labute approximate surface area is 172 Å². The predicted molar refractivity (Wildman–Crippen MR) is 103 cm³/mol. The Kier molecular flexibility index (Phi) is 6.41. The van der Waals surface area contributed by atoms with Crippen LogP contribution in [0.1, 0.15) is 29.8 Å². The molecule has 0 unspecified atom stereocenters. The van der Waals surface area contributed by atoms with E-state index >= 15 is 0 Å². The van der Waals surface area contributed by atoms with Crippen LogP contribution in [-0.4, -0.2) is 73.4 Å². The molecule has 0 bridgehead atoms. The van der Waals surface area contributed by atoms with Gasteiger partial charge in [-0.1, -0.05) is 5.54 Å². The molecule has 0 aromatic carbocycles. The number of pyridine rings is 1. The summed E-state index contributed by atoms with van der Waals surface area (Å²) >= 11 is 0. The second kappa shape index (κ2) is 8.68. The quantitative estimate of drug-likeness (QED) is 0.681. The van der Waals surface area contributed by atoms with Crippen molar-refractivity contribution in [3.63, 3.8) is 0 Å². The van der Waals surface area contributed by atoms with Crippen molar-refractivity contribution in [1.82, 2.24) is 10.3 Å². The van der Waals surface area contributed by atoms with Gasteiger partial charge in [0.05, 0.1) is 19.7 Å². The number of carbonyl (C=O) groups excluding carboxylic acids is 1. The molecule has 30 heavy (non-hydrogen) atoms. The number of hydrogen-bond acceptors (Lipinski definition) is 6. The molecule has 1 aromatic rings. The van der Waals surface area contributed by atoms with Crippen LogP contribution in [0.3, 0.4) is 0 Å². The highest BCUT2D eigenvalue weighted by molar-refractivity contribution is 5.86. The van der Waals surface area contributed by atoms with Crippen molar-refractivity contribution in [3.05, 3.63) is 23.6 Å². The average Bonchev–Trinajstić information content (AvgIpc) is 3.47. The molecule has 166 valence electrons. The number of carboxylic acids is 1. The molecular weight excluding hydrogens is 402 g/mol. The number of amides is 1. The first-order valence-corrected chi connectivity index (χ1v) is 9.64. The van der Waals surface area contributed by atoms with Crippen molar-refractivity contribution in [2.45, 2.75) is 30.7 Å². The number of aromatic nitrogens is 1. The number of anilines is 1. The van der Waals surface area contributed by atoms with Crippen molar-refractivity contribution in [3.8, 4) is 5.88 Å². The maximum atomic E-state index is 12.9. The van der Waals surface area contributed by atoms with E-state index in [0.717, 1.165) is 12.8 Å². The number of nitrogens with one attached hydrogen (secondary N) is 2. The van der Waals surface area contributed by atoms with Gasteiger partial charge in [0.15, 0.2) is 5.69 Å². The van der Waals surface area contributed by atoms with Gasteiger partial charge in [0, 0.05) is 26.7 Å². The largest absolute Gasteiger partial charge is 0.668 e. The molecule has 3 heterocycles. The molecule has 9 nitrogen and oxygen atoms in total. The molecule has 0 radical (unpaired) electrons. The molecule has 11 heteroatoms. The number of rotatable bonds is 7. The highest BCUT2D eigenvalue weighted by Crippen LogP contribution is 2.37. The Morgan fingerprint density at radius 1 is 1.37 bits per heavy atom. The fourth-order valence-corrected chi connectivity index (χ4v) is 2.91. The van der Waals surface area contributed by atoms with Crippen molar-refractivity contribution < 1.29 is 33.0 Å². The third-order valence-electron chi connectivity index (χ3n) is 4.93. The number of alkyl halides is 2. The van der Waals surface area contributed by atoms with Crippen molar-refractivity contribution in [2.24, 2.45) is 5.92 Å². The van der Waals surface area contributed by atoms with Gasteiger partial charge in [-0.15, -0.1) is 0 Å². The van der Waals surface area contributed by atoms with E-state index < -0.39 is 17.4 Å². The van der Waals surface area contributed by atoms with Gasteiger partial charge in [0.1, 0.15) is 5.69 Å². The summed E-state index contributed by atoms with van der Waals surface area (Å²) in [5, 5.41) is 11.4. The minimum atomic E-state index is -2.70. The topological polar surface area (TPSA) is 125 Å². The number of ether oxygens (including phenoxy) is 2. The second-order valence-electron chi connectivity index (χ2n) is 7.92. The smallest absolute Gasteiger partial charge is 0.354 e. The van der Waals surface area contributed by atoms with Crippen LogP contribution >= 0.6 is 0 Å². The fourth-order valence-electron chi connectivity index (χ4n) is 2.91. The van der Waals surface area contributed by atoms with Gasteiger partial charge in [0.25, 0.3) is 5.92 Å². The molecule has 3 fully saturated rings. The second-order valence-corrected chi connectivity index (χ2v) is 7.92. The predicted octanol–water partition coefficient (Wildman–Crippen LogP) is 1.97. The van der Waals surface area contributed by atoms with Gasteiger partial charge < -0.3 is 30.5 Å². The maximum Gasteiger partial charge on any atom is 0.354 e. The van der Waals surface area contributed by atoms with Gasteiger partial charge in [-0.3, -0.25) is 4.79 Å². The number of aromatic carboxylic acids is 1. The number of carboxylic acid groups (broad SMARTS) is 1. The molecular formula is C19H25F2N4O5-. The Morgan fingerprint density at radius 2 is 2.03 bits per heavy atom. The number of hydrogen-bond donors (Lipinski definition) is 2. The van der Waals surface area contributed by atoms with E-state index in [9.17, 15) is 18.4 Å². The number of carbonyl (C=O) groups is 2. The van der Waals surface area contributed by atoms with Crippen molar-refractivity contribution in [2.75, 3.05) is 44.9 Å². The molecule has 1 saturated carbocycles. The Bertz CT molecular complexity index is 791. The van der Waals surface area contributed by atoms with Crippen LogP contribution in [0.4, 0.5) is 14.5 Å². The molecule has 3 aliphatic rings. The van der Waals surface area contributed by atoms with Crippen molar-refractivity contribution >= 4 is 17.6 Å². The van der Waals surface area contributed by atoms with Crippen molar-refractivity contribution in [1.29, 1.82) is 0 Å². The van der Waals surface area contributed by atoms with E-state index in [2.05, 4.69) is 10.3 Å². The van der Waals surface area contributed by atoms with Gasteiger partial charge >= 0.3 is 5.97 Å². The SMILES string of the molecule is CNC(=O)CC1([NH-])COC1.O=C(O)c1ccc(N2CC(F)(F)C2)c(OCC2CC2)n1. The first-order chi connectivity index (χ1) is 14.1. The van der Waals surface area contributed by atoms with Crippen LogP contribution in [0.25, 0.3) is 5.73 Å². The lowest BCUT2D eigenvalue weighted by atomic mass is 9.94. The third kappa shape index (κ3) is 5.76. The van der Waals surface area contributed by atoms with Crippen LogP contribution < -0.4 is 15.0 Å². The van der Waals surface area contributed by atoms with Crippen LogP contribution in [-0.2, 0) is 9.53 Å². The number of halogens is 2. The summed E-state index contributed by atoms with van der Waals surface area (Å²) in [7, 11) is 1.57. The molecule has 3 N–H and O–H groups in total. The van der Waals surface area contributed by atoms with Gasteiger partial charge in [0.2, 0.25) is 11.8 Å². The molecule has 2 aliphatic heterocycles. The molecule has 1 aliphatic carbocycles. The van der Waals surface area contributed by atoms with Crippen LogP contribution in [0.15, 0.2) is 12.1 Å². The molecule has 0 atom stereocenters. The third-order valence-corrected chi connectivity index (χ3v) is 4.93. The van der Waals surface area contributed by atoms with Crippen LogP contribution in [0.2, 0.25) is 0 Å². The van der Waals surface area contributed by atoms with E-state index in [-0.39, 0.29) is 37.0 Å². The average molecular weight is 427 g/mol. The van der Waals surface area contributed by atoms with E-state index in [4.69, 9.17) is 20.3 Å². The Hall–Kier alpha value is -2.53. The molecule has 1 amide bonds. The minimum absolute atomic E-state index is 0.0849. The lowest BCUT2D eigenvalue weighted by Gasteiger charge is -2.45. The highest BCUT2D eigenvalue weighted by Gasteiger charge is 2.45. The van der Waals surface area contributed by atoms with Gasteiger partial charge in [-0.25, -0.2) is 18.6 Å². The zero-order valence-electron chi connectivity index (χ0n) is 16.6. The summed E-state index contributed by atoms with van der Waals surface area (Å²) in [5.74, 6) is -3.34. The summed E-state index contributed by atoms with van der Waals surface area (Å²) in [5.41, 5.74) is 7.16. The van der Waals surface area contributed by atoms with Gasteiger partial charge in [-0.2, -0.15) is 0 Å².